The van der Waals surface area contributed by atoms with E-state index < -0.39 is 15.8 Å². The molecule has 0 bridgehead atoms. The van der Waals surface area contributed by atoms with Gasteiger partial charge in [-0.15, -0.1) is 0 Å². The van der Waals surface area contributed by atoms with Crippen molar-refractivity contribution in [1.82, 2.24) is 10.2 Å². The number of rotatable bonds is 6. The Balaban J connectivity index is 1.59. The summed E-state index contributed by atoms with van der Waals surface area (Å²) in [6, 6.07) is 10.3. The summed E-state index contributed by atoms with van der Waals surface area (Å²) in [7, 11) is -3.85. The molecule has 0 saturated carbocycles. The number of hydrogen-bond acceptors (Lipinski definition) is 4. The Morgan fingerprint density at radius 1 is 1.07 bits per heavy atom. The molecule has 3 N–H and O–H groups in total. The van der Waals surface area contributed by atoms with E-state index >= 15 is 0 Å². The minimum Gasteiger partial charge on any atom is -0.338 e. The van der Waals surface area contributed by atoms with Crippen LogP contribution in [-0.4, -0.2) is 44.9 Å². The van der Waals surface area contributed by atoms with Crippen molar-refractivity contribution in [3.05, 3.63) is 54.3 Å². The van der Waals surface area contributed by atoms with Crippen LogP contribution in [0.2, 0.25) is 0 Å². The molecule has 0 aliphatic carbocycles. The third kappa shape index (κ3) is 4.97. The summed E-state index contributed by atoms with van der Waals surface area (Å²) in [6.45, 7) is 1.06. The largest absolute Gasteiger partial charge is 0.338 e. The Labute approximate surface area is 161 Å². The fourth-order valence-corrected chi connectivity index (χ4v) is 3.71. The Hall–Kier alpha value is -3.14. The topological polar surface area (TPSA) is 108 Å². The molecule has 28 heavy (non-hydrogen) atoms. The maximum atomic E-state index is 12.9. The van der Waals surface area contributed by atoms with Gasteiger partial charge in [-0.3, -0.25) is 9.52 Å². The van der Waals surface area contributed by atoms with Gasteiger partial charge in [0.2, 0.25) is 5.91 Å². The third-order valence-electron chi connectivity index (χ3n) is 4.05. The van der Waals surface area contributed by atoms with Gasteiger partial charge in [-0.05, 0) is 55.0 Å². The van der Waals surface area contributed by atoms with E-state index in [0.29, 0.717) is 18.8 Å². The number of hydrogen-bond donors (Lipinski definition) is 3. The lowest BCUT2D eigenvalue weighted by Gasteiger charge is -2.26. The molecule has 1 saturated heterocycles. The molecule has 148 valence electrons. The SMILES string of the molecule is O=C(CN1CCCNC1=O)Nc1ccc(NS(=O)(=O)c2ccc(F)cc2)cc1. The van der Waals surface area contributed by atoms with Crippen LogP contribution in [0, 0.1) is 5.82 Å². The van der Waals surface area contributed by atoms with E-state index in [1.165, 1.54) is 41.3 Å². The molecule has 1 aliphatic rings. The lowest BCUT2D eigenvalue weighted by atomic mass is 10.3. The van der Waals surface area contributed by atoms with Gasteiger partial charge in [0.05, 0.1) is 4.90 Å². The minimum atomic E-state index is -3.85. The van der Waals surface area contributed by atoms with Crippen molar-refractivity contribution in [3.63, 3.8) is 0 Å². The second kappa shape index (κ2) is 8.26. The lowest BCUT2D eigenvalue weighted by molar-refractivity contribution is -0.116. The second-order valence-electron chi connectivity index (χ2n) is 6.19. The zero-order chi connectivity index (χ0) is 20.1. The van der Waals surface area contributed by atoms with Gasteiger partial charge in [0.15, 0.2) is 0 Å². The van der Waals surface area contributed by atoms with Gasteiger partial charge in [-0.25, -0.2) is 17.6 Å². The molecule has 0 radical (unpaired) electrons. The average molecular weight is 406 g/mol. The number of carbonyl (C=O) groups is 2. The molecule has 0 atom stereocenters. The maximum Gasteiger partial charge on any atom is 0.317 e. The molecule has 0 aromatic heterocycles. The number of urea groups is 1. The number of halogens is 1. The summed E-state index contributed by atoms with van der Waals surface area (Å²) >= 11 is 0. The molecule has 1 fully saturated rings. The number of amides is 3. The first-order chi connectivity index (χ1) is 13.3. The molecule has 1 heterocycles. The van der Waals surface area contributed by atoms with Gasteiger partial charge in [-0.1, -0.05) is 0 Å². The predicted molar refractivity (Wildman–Crippen MR) is 102 cm³/mol. The minimum absolute atomic E-state index is 0.0638. The van der Waals surface area contributed by atoms with E-state index in [2.05, 4.69) is 15.4 Å². The van der Waals surface area contributed by atoms with E-state index in [4.69, 9.17) is 0 Å². The number of nitrogens with zero attached hydrogens (tertiary/aromatic N) is 1. The Kier molecular flexibility index (Phi) is 5.78. The van der Waals surface area contributed by atoms with Gasteiger partial charge >= 0.3 is 6.03 Å². The number of benzene rings is 2. The van der Waals surface area contributed by atoms with Crippen LogP contribution in [-0.2, 0) is 14.8 Å². The molecular weight excluding hydrogens is 387 g/mol. The maximum absolute atomic E-state index is 12.9. The summed E-state index contributed by atoms with van der Waals surface area (Å²) in [6.07, 6.45) is 0.780. The summed E-state index contributed by atoms with van der Waals surface area (Å²) in [5.74, 6) is -0.877. The normalized spacial score (nSPS) is 14.3. The summed E-state index contributed by atoms with van der Waals surface area (Å²) < 4.78 is 39.9. The van der Waals surface area contributed by atoms with Crippen molar-refractivity contribution in [2.24, 2.45) is 0 Å². The summed E-state index contributed by atoms with van der Waals surface area (Å²) in [4.78, 5) is 25.1. The van der Waals surface area contributed by atoms with Crippen molar-refractivity contribution in [2.45, 2.75) is 11.3 Å². The molecule has 10 heteroatoms. The molecule has 1 aliphatic heterocycles. The van der Waals surface area contributed by atoms with Crippen molar-refractivity contribution in [3.8, 4) is 0 Å². The van der Waals surface area contributed by atoms with Crippen LogP contribution in [0.25, 0.3) is 0 Å². The van der Waals surface area contributed by atoms with E-state index in [9.17, 15) is 22.4 Å². The standard InChI is InChI=1S/C18H19FN4O4S/c19-13-2-8-16(9-3-13)28(26,27)22-15-6-4-14(5-7-15)21-17(24)12-23-11-1-10-20-18(23)25/h2-9,22H,1,10-12H2,(H,20,25)(H,21,24). The Bertz CT molecular complexity index is 962. The highest BCUT2D eigenvalue weighted by Gasteiger charge is 2.20. The quantitative estimate of drug-likeness (QED) is 0.682. The first-order valence-corrected chi connectivity index (χ1v) is 10.0. The fourth-order valence-electron chi connectivity index (χ4n) is 2.65. The number of nitrogens with one attached hydrogen (secondary N) is 3. The summed E-state index contributed by atoms with van der Waals surface area (Å²) in [5, 5.41) is 5.33. The van der Waals surface area contributed by atoms with Gasteiger partial charge in [0, 0.05) is 24.5 Å². The van der Waals surface area contributed by atoms with E-state index in [1.807, 2.05) is 0 Å². The number of anilines is 2. The van der Waals surface area contributed by atoms with Crippen LogP contribution in [0.1, 0.15) is 6.42 Å². The summed E-state index contributed by atoms with van der Waals surface area (Å²) in [5.41, 5.74) is 0.755. The van der Waals surface area contributed by atoms with Crippen molar-refractivity contribution < 1.29 is 22.4 Å². The van der Waals surface area contributed by atoms with Gasteiger partial charge in [0.25, 0.3) is 10.0 Å². The van der Waals surface area contributed by atoms with Crippen LogP contribution in [0.3, 0.4) is 0 Å². The Morgan fingerprint density at radius 3 is 2.36 bits per heavy atom. The van der Waals surface area contributed by atoms with Crippen LogP contribution in [0.4, 0.5) is 20.6 Å². The van der Waals surface area contributed by atoms with E-state index in [1.54, 1.807) is 0 Å². The third-order valence-corrected chi connectivity index (χ3v) is 5.44. The molecular formula is C18H19FN4O4S. The van der Waals surface area contributed by atoms with Gasteiger partial charge < -0.3 is 15.5 Å². The Morgan fingerprint density at radius 2 is 1.71 bits per heavy atom. The molecule has 0 unspecified atom stereocenters. The van der Waals surface area contributed by atoms with Crippen molar-refractivity contribution in [2.75, 3.05) is 29.7 Å². The molecule has 3 rings (SSSR count). The molecule has 2 aromatic rings. The van der Waals surface area contributed by atoms with Crippen LogP contribution in [0.5, 0.6) is 0 Å². The second-order valence-corrected chi connectivity index (χ2v) is 7.87. The highest BCUT2D eigenvalue weighted by atomic mass is 32.2. The van der Waals surface area contributed by atoms with Gasteiger partial charge in [-0.2, -0.15) is 0 Å². The van der Waals surface area contributed by atoms with Crippen LogP contribution < -0.4 is 15.4 Å². The predicted octanol–water partition coefficient (Wildman–Crippen LogP) is 1.98. The zero-order valence-electron chi connectivity index (χ0n) is 14.8. The van der Waals surface area contributed by atoms with Crippen LogP contribution in [0.15, 0.2) is 53.4 Å². The lowest BCUT2D eigenvalue weighted by Crippen LogP contribution is -2.49. The highest BCUT2D eigenvalue weighted by molar-refractivity contribution is 7.92. The molecule has 8 nitrogen and oxygen atoms in total. The highest BCUT2D eigenvalue weighted by Crippen LogP contribution is 2.19. The number of carbonyl (C=O) groups excluding carboxylic acids is 2. The smallest absolute Gasteiger partial charge is 0.317 e. The van der Waals surface area contributed by atoms with Crippen LogP contribution >= 0.6 is 0 Å². The fraction of sp³-hybridized carbons (Fsp3) is 0.222. The molecule has 3 amide bonds. The first-order valence-electron chi connectivity index (χ1n) is 8.54. The molecule has 0 spiro atoms. The van der Waals surface area contributed by atoms with Crippen molar-refractivity contribution in [1.29, 1.82) is 0 Å². The number of sulfonamides is 1. The zero-order valence-corrected chi connectivity index (χ0v) is 15.6. The van der Waals surface area contributed by atoms with Crippen molar-refractivity contribution >= 4 is 33.3 Å². The average Bonchev–Trinajstić information content (AvgIpc) is 2.65. The van der Waals surface area contributed by atoms with Gasteiger partial charge in [0.1, 0.15) is 12.4 Å². The van der Waals surface area contributed by atoms with E-state index in [0.717, 1.165) is 18.6 Å². The van der Waals surface area contributed by atoms with E-state index in [-0.39, 0.29) is 29.1 Å². The monoisotopic (exact) mass is 406 g/mol. The first kappa shape index (κ1) is 19.6. The molecule has 2 aromatic carbocycles.